The van der Waals surface area contributed by atoms with Crippen molar-refractivity contribution in [1.82, 2.24) is 4.90 Å². The van der Waals surface area contributed by atoms with E-state index in [0.717, 1.165) is 24.9 Å². The Labute approximate surface area is 170 Å². The molecule has 0 spiro atoms. The van der Waals surface area contributed by atoms with Gasteiger partial charge in [0, 0.05) is 24.9 Å². The summed E-state index contributed by atoms with van der Waals surface area (Å²) < 4.78 is 0. The lowest BCUT2D eigenvalue weighted by Crippen LogP contribution is -2.22. The van der Waals surface area contributed by atoms with Crippen molar-refractivity contribution in [2.75, 3.05) is 7.05 Å². The van der Waals surface area contributed by atoms with Crippen LogP contribution in [0.25, 0.3) is 5.57 Å². The summed E-state index contributed by atoms with van der Waals surface area (Å²) in [7, 11) is 2.17. The van der Waals surface area contributed by atoms with Gasteiger partial charge in [-0.3, -0.25) is 0 Å². The van der Waals surface area contributed by atoms with Crippen LogP contribution in [0.1, 0.15) is 28.7 Å². The minimum Gasteiger partial charge on any atom is -0.373 e. The molecule has 136 valence electrons. The Morgan fingerprint density at radius 1 is 0.815 bits per heavy atom. The molecule has 0 fully saturated rings. The largest absolute Gasteiger partial charge is 0.373 e. The molecular weight excluding hydrogens is 373 g/mol. The molecule has 27 heavy (non-hydrogen) atoms. The zero-order valence-corrected chi connectivity index (χ0v) is 16.8. The Kier molecular flexibility index (Phi) is 5.24. The number of halogens is 2. The molecule has 0 radical (unpaired) electrons. The van der Waals surface area contributed by atoms with E-state index < -0.39 is 0 Å². The van der Waals surface area contributed by atoms with Crippen LogP contribution in [-0.2, 0) is 13.0 Å². The maximum absolute atomic E-state index is 6.35. The van der Waals surface area contributed by atoms with Crippen molar-refractivity contribution >= 4 is 28.8 Å². The first-order chi connectivity index (χ1) is 13.1. The molecule has 0 saturated heterocycles. The molecule has 0 aliphatic heterocycles. The van der Waals surface area contributed by atoms with Crippen LogP contribution in [0.3, 0.4) is 0 Å². The van der Waals surface area contributed by atoms with Gasteiger partial charge in [-0.25, -0.2) is 0 Å². The van der Waals surface area contributed by atoms with E-state index in [2.05, 4.69) is 72.6 Å². The third-order valence-electron chi connectivity index (χ3n) is 5.14. The van der Waals surface area contributed by atoms with Crippen LogP contribution >= 0.6 is 23.2 Å². The Bertz CT molecular complexity index is 992. The Morgan fingerprint density at radius 3 is 2.33 bits per heavy atom. The van der Waals surface area contributed by atoms with Gasteiger partial charge in [-0.2, -0.15) is 0 Å². The van der Waals surface area contributed by atoms with Gasteiger partial charge >= 0.3 is 0 Å². The van der Waals surface area contributed by atoms with Gasteiger partial charge in [0.2, 0.25) is 0 Å². The van der Waals surface area contributed by atoms with Crippen molar-refractivity contribution in [3.05, 3.63) is 111 Å². The summed E-state index contributed by atoms with van der Waals surface area (Å²) in [5, 5.41) is 1.18. The summed E-state index contributed by atoms with van der Waals surface area (Å²) in [6, 6.07) is 25.2. The number of hydrogen-bond acceptors (Lipinski definition) is 1. The molecule has 0 amide bonds. The molecule has 4 rings (SSSR count). The summed E-state index contributed by atoms with van der Waals surface area (Å²) in [5.41, 5.74) is 7.70. The van der Waals surface area contributed by atoms with Gasteiger partial charge in [0.05, 0.1) is 10.0 Å². The van der Waals surface area contributed by atoms with Crippen molar-refractivity contribution in [2.24, 2.45) is 0 Å². The minimum atomic E-state index is 0.587. The first kappa shape index (κ1) is 18.2. The fourth-order valence-electron chi connectivity index (χ4n) is 3.82. The molecule has 1 aliphatic rings. The SMILES string of the molecule is CN(Cc1ccccc1)C1=C(c2ccc(Cl)c(Cl)c2)c2ccccc2CC1. The molecule has 0 bridgehead atoms. The summed E-state index contributed by atoms with van der Waals surface area (Å²) in [6.45, 7) is 0.878. The normalized spacial score (nSPS) is 13.4. The highest BCUT2D eigenvalue weighted by molar-refractivity contribution is 6.42. The van der Waals surface area contributed by atoms with E-state index in [1.54, 1.807) is 0 Å². The highest BCUT2D eigenvalue weighted by atomic mass is 35.5. The van der Waals surface area contributed by atoms with Gasteiger partial charge in [-0.05, 0) is 47.2 Å². The van der Waals surface area contributed by atoms with E-state index >= 15 is 0 Å². The zero-order valence-electron chi connectivity index (χ0n) is 15.3. The second kappa shape index (κ2) is 7.80. The Balaban J connectivity index is 1.83. The standard InChI is InChI=1S/C24H21Cl2N/c1-27(16-17-7-3-2-4-8-17)23-14-12-18-9-5-6-10-20(18)24(23)19-11-13-21(25)22(26)15-19/h2-11,13,15H,12,14,16H2,1H3. The second-order valence-electron chi connectivity index (χ2n) is 6.95. The predicted octanol–water partition coefficient (Wildman–Crippen LogP) is 6.83. The molecular formula is C24H21Cl2N. The van der Waals surface area contributed by atoms with Crippen LogP contribution in [0.15, 0.2) is 78.5 Å². The van der Waals surface area contributed by atoms with Gasteiger partial charge in [0.25, 0.3) is 0 Å². The number of aryl methyl sites for hydroxylation is 1. The first-order valence-electron chi connectivity index (χ1n) is 9.15. The van der Waals surface area contributed by atoms with Crippen molar-refractivity contribution in [2.45, 2.75) is 19.4 Å². The van der Waals surface area contributed by atoms with Crippen LogP contribution in [-0.4, -0.2) is 11.9 Å². The lowest BCUT2D eigenvalue weighted by atomic mass is 9.84. The number of rotatable bonds is 4. The predicted molar refractivity (Wildman–Crippen MR) is 115 cm³/mol. The molecule has 1 nitrogen and oxygen atoms in total. The van der Waals surface area contributed by atoms with Crippen molar-refractivity contribution in [3.63, 3.8) is 0 Å². The fraction of sp³-hybridized carbons (Fsp3) is 0.167. The van der Waals surface area contributed by atoms with Crippen LogP contribution < -0.4 is 0 Å². The van der Waals surface area contributed by atoms with Crippen LogP contribution in [0.2, 0.25) is 10.0 Å². The third-order valence-corrected chi connectivity index (χ3v) is 5.88. The molecule has 3 heteroatoms. The average Bonchev–Trinajstić information content (AvgIpc) is 2.70. The van der Waals surface area contributed by atoms with Gasteiger partial charge in [0.1, 0.15) is 0 Å². The molecule has 0 N–H and O–H groups in total. The van der Waals surface area contributed by atoms with Gasteiger partial charge in [-0.1, -0.05) is 83.9 Å². The molecule has 3 aromatic carbocycles. The number of nitrogens with zero attached hydrogens (tertiary/aromatic N) is 1. The van der Waals surface area contributed by atoms with Crippen LogP contribution in [0.4, 0.5) is 0 Å². The number of fused-ring (bicyclic) bond motifs is 1. The molecule has 0 atom stereocenters. The van der Waals surface area contributed by atoms with Crippen molar-refractivity contribution in [1.29, 1.82) is 0 Å². The van der Waals surface area contributed by atoms with E-state index in [1.165, 1.54) is 28.0 Å². The van der Waals surface area contributed by atoms with E-state index in [-0.39, 0.29) is 0 Å². The van der Waals surface area contributed by atoms with Crippen LogP contribution in [0.5, 0.6) is 0 Å². The van der Waals surface area contributed by atoms with E-state index in [9.17, 15) is 0 Å². The number of benzene rings is 3. The third kappa shape index (κ3) is 3.76. The van der Waals surface area contributed by atoms with Gasteiger partial charge in [0.15, 0.2) is 0 Å². The molecule has 0 heterocycles. The zero-order chi connectivity index (χ0) is 18.8. The van der Waals surface area contributed by atoms with E-state index in [4.69, 9.17) is 23.2 Å². The van der Waals surface area contributed by atoms with E-state index in [1.807, 2.05) is 12.1 Å². The van der Waals surface area contributed by atoms with Gasteiger partial charge < -0.3 is 4.90 Å². The fourth-order valence-corrected chi connectivity index (χ4v) is 4.12. The van der Waals surface area contributed by atoms with Crippen molar-refractivity contribution < 1.29 is 0 Å². The van der Waals surface area contributed by atoms with Crippen LogP contribution in [0, 0.1) is 0 Å². The minimum absolute atomic E-state index is 0.587. The lowest BCUT2D eigenvalue weighted by Gasteiger charge is -2.31. The molecule has 1 aliphatic carbocycles. The molecule has 0 aromatic heterocycles. The van der Waals surface area contributed by atoms with E-state index in [0.29, 0.717) is 10.0 Å². The average molecular weight is 394 g/mol. The molecule has 0 unspecified atom stereocenters. The number of hydrogen-bond donors (Lipinski definition) is 0. The van der Waals surface area contributed by atoms with Gasteiger partial charge in [-0.15, -0.1) is 0 Å². The summed E-state index contributed by atoms with van der Waals surface area (Å²) in [6.07, 6.45) is 2.06. The second-order valence-corrected chi connectivity index (χ2v) is 7.76. The maximum Gasteiger partial charge on any atom is 0.0598 e. The smallest absolute Gasteiger partial charge is 0.0598 e. The maximum atomic E-state index is 6.35. The number of allylic oxidation sites excluding steroid dienone is 1. The first-order valence-corrected chi connectivity index (χ1v) is 9.91. The Morgan fingerprint density at radius 2 is 1.56 bits per heavy atom. The summed E-state index contributed by atoms with van der Waals surface area (Å²) in [4.78, 5) is 2.36. The highest BCUT2D eigenvalue weighted by Crippen LogP contribution is 2.39. The monoisotopic (exact) mass is 393 g/mol. The molecule has 0 saturated carbocycles. The summed E-state index contributed by atoms with van der Waals surface area (Å²) in [5.74, 6) is 0. The quantitative estimate of drug-likeness (QED) is 0.469. The van der Waals surface area contributed by atoms with Crippen molar-refractivity contribution in [3.8, 4) is 0 Å². The topological polar surface area (TPSA) is 3.24 Å². The lowest BCUT2D eigenvalue weighted by molar-refractivity contribution is 0.395. The molecule has 3 aromatic rings. The highest BCUT2D eigenvalue weighted by Gasteiger charge is 2.23. The summed E-state index contributed by atoms with van der Waals surface area (Å²) >= 11 is 12.5. The Hall–Kier alpha value is -2.22.